The van der Waals surface area contributed by atoms with Crippen LogP contribution >= 0.6 is 0 Å². The fraction of sp³-hybridized carbons (Fsp3) is 0.0882. The van der Waals surface area contributed by atoms with E-state index >= 15 is 0 Å². The highest BCUT2D eigenvalue weighted by Gasteiger charge is 2.28. The molecule has 0 aromatic heterocycles. The first-order valence-electron chi connectivity index (χ1n) is 24.6. The summed E-state index contributed by atoms with van der Waals surface area (Å²) in [4.78, 5) is 2.36. The van der Waals surface area contributed by atoms with Gasteiger partial charge in [-0.2, -0.15) is 0 Å². The van der Waals surface area contributed by atoms with E-state index in [4.69, 9.17) is 0 Å². The van der Waals surface area contributed by atoms with Crippen molar-refractivity contribution >= 4 is 61.7 Å². The Balaban J connectivity index is 0.878. The van der Waals surface area contributed by atoms with E-state index in [1.54, 1.807) is 0 Å². The van der Waals surface area contributed by atoms with E-state index < -0.39 is 0 Å². The Bertz CT molecular complexity index is 3570. The fourth-order valence-corrected chi connectivity index (χ4v) is 11.4. The van der Waals surface area contributed by atoms with Gasteiger partial charge in [-0.05, 0) is 133 Å². The van der Waals surface area contributed by atoms with Gasteiger partial charge in [-0.25, -0.2) is 0 Å². The quantitative estimate of drug-likeness (QED) is 0.124. The summed E-state index contributed by atoms with van der Waals surface area (Å²) in [5.41, 5.74) is 25.2. The zero-order valence-electron chi connectivity index (χ0n) is 41.0. The summed E-state index contributed by atoms with van der Waals surface area (Å²) in [5, 5.41) is 4.95. The van der Waals surface area contributed by atoms with E-state index in [-0.39, 0.29) is 6.71 Å². The molecule has 0 saturated heterocycles. The maximum absolute atomic E-state index is 2.36. The number of aryl methyl sites for hydroxylation is 6. The average molecular weight is 898 g/mol. The van der Waals surface area contributed by atoms with E-state index in [1.165, 1.54) is 116 Å². The summed E-state index contributed by atoms with van der Waals surface area (Å²) >= 11 is 0. The first-order chi connectivity index (χ1) is 34.2. The first kappa shape index (κ1) is 44.3. The van der Waals surface area contributed by atoms with Gasteiger partial charge in [-0.3, -0.25) is 0 Å². The molecule has 1 nitrogen and oxygen atoms in total. The van der Waals surface area contributed by atoms with Crippen LogP contribution in [0.1, 0.15) is 33.4 Å². The Hall–Kier alpha value is -8.20. The van der Waals surface area contributed by atoms with Crippen molar-refractivity contribution in [3.05, 3.63) is 264 Å². The second kappa shape index (κ2) is 18.7. The normalized spacial score (nSPS) is 11.3. The number of rotatable bonds is 10. The van der Waals surface area contributed by atoms with Crippen molar-refractivity contribution in [3.63, 3.8) is 0 Å². The molecule has 0 saturated carbocycles. The highest BCUT2D eigenvalue weighted by Crippen LogP contribution is 2.41. The molecule has 0 radical (unpaired) electrons. The van der Waals surface area contributed by atoms with Gasteiger partial charge in [-0.15, -0.1) is 0 Å². The predicted molar refractivity (Wildman–Crippen MR) is 304 cm³/mol. The predicted octanol–water partition coefficient (Wildman–Crippen LogP) is 16.5. The lowest BCUT2D eigenvalue weighted by atomic mass is 9.34. The molecule has 0 unspecified atom stereocenters. The molecule has 2 heteroatoms. The number of hydrogen-bond donors (Lipinski definition) is 0. The SMILES string of the molecule is Cc1cc(C)c(B(c2ccc(-c3ccc(-c4cccc5cccc(-c6ccc(-c7ccc(N(c8ccccc8)c8cccc9ccccc89)cc7)cc6)c45)cc3)cc2)c2c(C)cc(C)cc2C)c(C)c1. The molecule has 0 aliphatic heterocycles. The Morgan fingerprint density at radius 1 is 0.314 bits per heavy atom. The van der Waals surface area contributed by atoms with Gasteiger partial charge in [0.1, 0.15) is 0 Å². The molecule has 0 fully saturated rings. The van der Waals surface area contributed by atoms with E-state index in [0.717, 1.165) is 17.1 Å². The van der Waals surface area contributed by atoms with Gasteiger partial charge in [0.2, 0.25) is 6.71 Å². The number of nitrogens with zero attached hydrogens (tertiary/aromatic N) is 1. The van der Waals surface area contributed by atoms with Crippen LogP contribution in [0.25, 0.3) is 66.1 Å². The van der Waals surface area contributed by atoms with Gasteiger partial charge >= 0.3 is 0 Å². The zero-order chi connectivity index (χ0) is 47.9. The lowest BCUT2D eigenvalue weighted by Crippen LogP contribution is -2.55. The highest BCUT2D eigenvalue weighted by atomic mass is 15.1. The third-order valence-electron chi connectivity index (χ3n) is 14.4. The molecule has 0 atom stereocenters. The molecule has 336 valence electrons. The van der Waals surface area contributed by atoms with Crippen LogP contribution < -0.4 is 21.3 Å². The Morgan fingerprint density at radius 2 is 0.700 bits per heavy atom. The third kappa shape index (κ3) is 8.41. The van der Waals surface area contributed by atoms with Gasteiger partial charge < -0.3 is 4.90 Å². The monoisotopic (exact) mass is 897 g/mol. The average Bonchev–Trinajstić information content (AvgIpc) is 3.38. The molecule has 0 aliphatic rings. The molecular weight excluding hydrogens is 842 g/mol. The van der Waals surface area contributed by atoms with Gasteiger partial charge in [0.25, 0.3) is 0 Å². The first-order valence-corrected chi connectivity index (χ1v) is 24.6. The Labute approximate surface area is 414 Å². The standard InChI is InChI=1S/C68H56BN/c1-45-41-47(3)67(48(4)42-45)69(68-49(5)43-46(2)44-50(68)6)59-37-33-53(34-38-59)51-25-29-56(30-26-51)63-22-12-17-58-18-13-23-64(66(58)63)57-31-27-52(28-32-57)54-35-39-61(40-36-54)70(60-19-8-7-9-20-60)65-24-14-16-55-15-10-11-21-62(55)65/h7-44H,1-6H3. The lowest BCUT2D eigenvalue weighted by molar-refractivity contribution is 1.30. The van der Waals surface area contributed by atoms with Crippen LogP contribution in [0.3, 0.4) is 0 Å². The molecule has 0 N–H and O–H groups in total. The summed E-state index contributed by atoms with van der Waals surface area (Å²) in [6.45, 7) is 13.7. The molecule has 70 heavy (non-hydrogen) atoms. The smallest absolute Gasteiger partial charge is 0.242 e. The Morgan fingerprint density at radius 3 is 1.21 bits per heavy atom. The second-order valence-electron chi connectivity index (χ2n) is 19.3. The molecule has 11 rings (SSSR count). The minimum absolute atomic E-state index is 0.152. The highest BCUT2D eigenvalue weighted by molar-refractivity contribution is 6.96. The number of para-hydroxylation sites is 1. The maximum atomic E-state index is 2.36. The zero-order valence-corrected chi connectivity index (χ0v) is 41.0. The van der Waals surface area contributed by atoms with Crippen LogP contribution in [0.5, 0.6) is 0 Å². The van der Waals surface area contributed by atoms with Gasteiger partial charge in [-0.1, -0.05) is 250 Å². The largest absolute Gasteiger partial charge is 0.310 e. The molecule has 0 amide bonds. The van der Waals surface area contributed by atoms with E-state index in [0.29, 0.717) is 0 Å². The molecule has 0 aliphatic carbocycles. The molecule has 0 bridgehead atoms. The van der Waals surface area contributed by atoms with Crippen LogP contribution in [0.2, 0.25) is 0 Å². The van der Waals surface area contributed by atoms with Crippen LogP contribution in [0.15, 0.2) is 231 Å². The number of benzene rings is 11. The van der Waals surface area contributed by atoms with Crippen molar-refractivity contribution in [1.29, 1.82) is 0 Å². The number of hydrogen-bond acceptors (Lipinski definition) is 1. The summed E-state index contributed by atoms with van der Waals surface area (Å²) in [5.74, 6) is 0. The summed E-state index contributed by atoms with van der Waals surface area (Å²) in [6.07, 6.45) is 0. The lowest BCUT2D eigenvalue weighted by Gasteiger charge is -2.27. The van der Waals surface area contributed by atoms with Crippen molar-refractivity contribution in [1.82, 2.24) is 0 Å². The third-order valence-corrected chi connectivity index (χ3v) is 14.4. The summed E-state index contributed by atoms with van der Waals surface area (Å²) in [6, 6.07) is 85.1. The van der Waals surface area contributed by atoms with Crippen LogP contribution in [0, 0.1) is 41.5 Å². The van der Waals surface area contributed by atoms with Gasteiger partial charge in [0.05, 0.1) is 5.69 Å². The van der Waals surface area contributed by atoms with E-state index in [1.807, 2.05) is 0 Å². The minimum Gasteiger partial charge on any atom is -0.310 e. The van der Waals surface area contributed by atoms with E-state index in [9.17, 15) is 0 Å². The number of fused-ring (bicyclic) bond motifs is 2. The summed E-state index contributed by atoms with van der Waals surface area (Å²) < 4.78 is 0. The molecule has 11 aromatic rings. The van der Waals surface area contributed by atoms with Crippen molar-refractivity contribution in [2.24, 2.45) is 0 Å². The van der Waals surface area contributed by atoms with E-state index in [2.05, 4.69) is 277 Å². The molecular formula is C68H56BN. The van der Waals surface area contributed by atoms with Crippen molar-refractivity contribution in [2.75, 3.05) is 4.90 Å². The van der Waals surface area contributed by atoms with Crippen molar-refractivity contribution in [2.45, 2.75) is 41.5 Å². The topological polar surface area (TPSA) is 3.24 Å². The van der Waals surface area contributed by atoms with Crippen LogP contribution in [0.4, 0.5) is 17.1 Å². The van der Waals surface area contributed by atoms with Crippen molar-refractivity contribution < 1.29 is 0 Å². The van der Waals surface area contributed by atoms with Crippen LogP contribution in [-0.4, -0.2) is 6.71 Å². The molecule has 11 aromatic carbocycles. The van der Waals surface area contributed by atoms with Crippen molar-refractivity contribution in [3.8, 4) is 44.5 Å². The van der Waals surface area contributed by atoms with Gasteiger partial charge in [0, 0.05) is 16.8 Å². The van der Waals surface area contributed by atoms with Crippen LogP contribution in [-0.2, 0) is 0 Å². The Kier molecular flexibility index (Phi) is 11.8. The number of anilines is 3. The fourth-order valence-electron chi connectivity index (χ4n) is 11.4. The minimum atomic E-state index is 0.152. The maximum Gasteiger partial charge on any atom is 0.242 e. The molecule has 0 spiro atoms. The second-order valence-corrected chi connectivity index (χ2v) is 19.3. The summed E-state index contributed by atoms with van der Waals surface area (Å²) in [7, 11) is 0. The molecule has 0 heterocycles. The van der Waals surface area contributed by atoms with Gasteiger partial charge in [0.15, 0.2) is 0 Å².